The number of halogens is 1. The molecular formula is C17H24FN5O. The van der Waals surface area contributed by atoms with Crippen LogP contribution in [-0.2, 0) is 20.1 Å². The molecule has 0 unspecified atom stereocenters. The lowest BCUT2D eigenvalue weighted by Crippen LogP contribution is -2.37. The summed E-state index contributed by atoms with van der Waals surface area (Å²) in [6.07, 6.45) is 3.52. The Kier molecular flexibility index (Phi) is 5.11. The maximum absolute atomic E-state index is 13.9. The highest BCUT2D eigenvalue weighted by Crippen LogP contribution is 2.22. The fourth-order valence-electron chi connectivity index (χ4n) is 3.21. The zero-order valence-electron chi connectivity index (χ0n) is 14.1. The second kappa shape index (κ2) is 7.27. The minimum absolute atomic E-state index is 0.132. The predicted octanol–water partition coefficient (Wildman–Crippen LogP) is 1.53. The molecule has 0 spiro atoms. The highest BCUT2D eigenvalue weighted by atomic mass is 19.1. The molecule has 0 aromatic carbocycles. The van der Waals surface area contributed by atoms with Crippen LogP contribution in [0, 0.1) is 6.92 Å². The van der Waals surface area contributed by atoms with Gasteiger partial charge in [-0.2, -0.15) is 5.10 Å². The third-order valence-electron chi connectivity index (χ3n) is 4.38. The lowest BCUT2D eigenvalue weighted by molar-refractivity contribution is 0.230. The molecular weight excluding hydrogens is 309 g/mol. The van der Waals surface area contributed by atoms with E-state index in [1.807, 2.05) is 26.4 Å². The molecule has 1 aliphatic heterocycles. The number of aryl methyl sites for hydroxylation is 2. The molecule has 24 heavy (non-hydrogen) atoms. The van der Waals surface area contributed by atoms with Crippen molar-refractivity contribution in [2.24, 2.45) is 7.05 Å². The summed E-state index contributed by atoms with van der Waals surface area (Å²) < 4.78 is 15.6. The first-order chi connectivity index (χ1) is 11.5. The number of alkyl halides is 1. The summed E-state index contributed by atoms with van der Waals surface area (Å²) in [7, 11) is 1.88. The van der Waals surface area contributed by atoms with Gasteiger partial charge in [-0.05, 0) is 25.5 Å². The molecule has 2 aromatic rings. The number of nitrogens with one attached hydrogen (secondary N) is 1. The summed E-state index contributed by atoms with van der Waals surface area (Å²) in [4.78, 5) is 6.48. The van der Waals surface area contributed by atoms with Crippen molar-refractivity contribution >= 4 is 0 Å². The van der Waals surface area contributed by atoms with Crippen molar-refractivity contribution in [3.05, 3.63) is 41.5 Å². The first-order valence-electron chi connectivity index (χ1n) is 8.23. The monoisotopic (exact) mass is 333 g/mol. The van der Waals surface area contributed by atoms with Gasteiger partial charge in [-0.1, -0.05) is 0 Å². The average Bonchev–Trinajstić information content (AvgIpc) is 3.09. The van der Waals surface area contributed by atoms with E-state index in [0.29, 0.717) is 38.3 Å². The molecule has 130 valence electrons. The van der Waals surface area contributed by atoms with E-state index >= 15 is 0 Å². The summed E-state index contributed by atoms with van der Waals surface area (Å²) in [6, 6.07) is 3.56. The van der Waals surface area contributed by atoms with E-state index in [-0.39, 0.29) is 11.8 Å². The predicted molar refractivity (Wildman–Crippen MR) is 89.3 cm³/mol. The molecule has 0 radical (unpaired) electrons. The molecule has 1 aliphatic rings. The van der Waals surface area contributed by atoms with Gasteiger partial charge in [-0.3, -0.25) is 14.6 Å². The van der Waals surface area contributed by atoms with Crippen LogP contribution in [0.25, 0.3) is 0 Å². The van der Waals surface area contributed by atoms with Crippen molar-refractivity contribution in [1.82, 2.24) is 25.0 Å². The molecule has 1 fully saturated rings. The van der Waals surface area contributed by atoms with Crippen molar-refractivity contribution in [2.75, 3.05) is 13.1 Å². The summed E-state index contributed by atoms with van der Waals surface area (Å²) in [5, 5.41) is 17.3. The van der Waals surface area contributed by atoms with Gasteiger partial charge >= 0.3 is 0 Å². The largest absolute Gasteiger partial charge is 0.506 e. The molecule has 2 N–H and O–H groups in total. The number of likely N-dealkylation sites (tertiary alicyclic amines) is 1. The van der Waals surface area contributed by atoms with Gasteiger partial charge < -0.3 is 10.4 Å². The molecule has 0 saturated carbocycles. The maximum Gasteiger partial charge on any atom is 0.138 e. The van der Waals surface area contributed by atoms with Crippen molar-refractivity contribution in [3.8, 4) is 5.75 Å². The van der Waals surface area contributed by atoms with Crippen LogP contribution in [0.1, 0.15) is 23.4 Å². The highest BCUT2D eigenvalue weighted by Gasteiger charge is 2.31. The van der Waals surface area contributed by atoms with Gasteiger partial charge in [-0.15, -0.1) is 0 Å². The summed E-state index contributed by atoms with van der Waals surface area (Å²) in [5.41, 5.74) is 2.59. The van der Waals surface area contributed by atoms with Crippen molar-refractivity contribution in [3.63, 3.8) is 0 Å². The van der Waals surface area contributed by atoms with Crippen molar-refractivity contribution in [1.29, 1.82) is 0 Å². The van der Waals surface area contributed by atoms with Crippen LogP contribution < -0.4 is 5.32 Å². The fourth-order valence-corrected chi connectivity index (χ4v) is 3.21. The number of aromatic hydroxyl groups is 1. The number of hydrogen-bond acceptors (Lipinski definition) is 5. The normalized spacial score (nSPS) is 21.5. The van der Waals surface area contributed by atoms with Gasteiger partial charge in [0.15, 0.2) is 0 Å². The zero-order valence-corrected chi connectivity index (χ0v) is 14.1. The Hall–Kier alpha value is -1.99. The van der Waals surface area contributed by atoms with Crippen LogP contribution in [0.4, 0.5) is 4.39 Å². The average molecular weight is 333 g/mol. The van der Waals surface area contributed by atoms with Crippen molar-refractivity contribution in [2.45, 2.75) is 38.6 Å². The highest BCUT2D eigenvalue weighted by molar-refractivity contribution is 5.27. The van der Waals surface area contributed by atoms with Crippen LogP contribution in [0.2, 0.25) is 0 Å². The molecule has 2 atom stereocenters. The summed E-state index contributed by atoms with van der Waals surface area (Å²) in [5.74, 6) is 0.190. The number of rotatable bonds is 6. The van der Waals surface area contributed by atoms with Crippen LogP contribution in [0.3, 0.4) is 0 Å². The second-order valence-electron chi connectivity index (χ2n) is 6.49. The number of aromatic nitrogens is 3. The SMILES string of the molecule is Cc1ccc(O)c(CNC[C@@H]2C[C@H](F)CN2Cc2cnn(C)c2)n1. The first-order valence-corrected chi connectivity index (χ1v) is 8.23. The molecule has 6 nitrogen and oxygen atoms in total. The first kappa shape index (κ1) is 16.9. The Labute approximate surface area is 141 Å². The van der Waals surface area contributed by atoms with Gasteiger partial charge in [0.2, 0.25) is 0 Å². The van der Waals surface area contributed by atoms with Gasteiger partial charge in [0.1, 0.15) is 11.9 Å². The number of nitrogens with zero attached hydrogens (tertiary/aromatic N) is 4. The molecule has 3 heterocycles. The van der Waals surface area contributed by atoms with E-state index in [1.54, 1.807) is 16.8 Å². The summed E-state index contributed by atoms with van der Waals surface area (Å²) in [6.45, 7) is 4.18. The standard InChI is InChI=1S/C17H24FN5O/c1-12-3-4-17(24)16(21-12)8-19-7-15-5-14(18)11-23(15)10-13-6-20-22(2)9-13/h3-4,6,9,14-15,19,24H,5,7-8,10-11H2,1-2H3/t14-,15-/m0/s1. The van der Waals surface area contributed by atoms with E-state index in [4.69, 9.17) is 0 Å². The van der Waals surface area contributed by atoms with E-state index in [2.05, 4.69) is 20.3 Å². The second-order valence-corrected chi connectivity index (χ2v) is 6.49. The van der Waals surface area contributed by atoms with Crippen molar-refractivity contribution < 1.29 is 9.50 Å². The molecule has 0 aliphatic carbocycles. The van der Waals surface area contributed by atoms with Gasteiger partial charge in [-0.25, -0.2) is 4.39 Å². The minimum Gasteiger partial charge on any atom is -0.506 e. The quantitative estimate of drug-likeness (QED) is 0.839. The molecule has 7 heteroatoms. The topological polar surface area (TPSA) is 66.2 Å². The van der Waals surface area contributed by atoms with Crippen LogP contribution >= 0.6 is 0 Å². The number of hydrogen-bond donors (Lipinski definition) is 2. The Balaban J connectivity index is 1.55. The smallest absolute Gasteiger partial charge is 0.138 e. The van der Waals surface area contributed by atoms with E-state index in [9.17, 15) is 9.50 Å². The Morgan fingerprint density at radius 1 is 1.42 bits per heavy atom. The summed E-state index contributed by atoms with van der Waals surface area (Å²) >= 11 is 0. The molecule has 3 rings (SSSR count). The number of pyridine rings is 1. The Morgan fingerprint density at radius 3 is 3.00 bits per heavy atom. The molecule has 2 aromatic heterocycles. The van der Waals surface area contributed by atoms with Crippen LogP contribution in [0.15, 0.2) is 24.5 Å². The lowest BCUT2D eigenvalue weighted by atomic mass is 10.2. The van der Waals surface area contributed by atoms with E-state index in [1.165, 1.54) is 0 Å². The van der Waals surface area contributed by atoms with Gasteiger partial charge in [0.05, 0.1) is 11.9 Å². The fraction of sp³-hybridized carbons (Fsp3) is 0.529. The lowest BCUT2D eigenvalue weighted by Gasteiger charge is -2.23. The molecule has 1 saturated heterocycles. The van der Waals surface area contributed by atoms with Crippen LogP contribution in [0.5, 0.6) is 5.75 Å². The van der Waals surface area contributed by atoms with Crippen LogP contribution in [-0.4, -0.2) is 50.1 Å². The van der Waals surface area contributed by atoms with Gasteiger partial charge in [0, 0.05) is 56.7 Å². The van der Waals surface area contributed by atoms with E-state index < -0.39 is 6.17 Å². The minimum atomic E-state index is -0.793. The Bertz CT molecular complexity index is 689. The third kappa shape index (κ3) is 4.10. The van der Waals surface area contributed by atoms with Gasteiger partial charge in [0.25, 0.3) is 0 Å². The molecule has 0 bridgehead atoms. The molecule has 0 amide bonds. The van der Waals surface area contributed by atoms with E-state index in [0.717, 1.165) is 11.3 Å². The Morgan fingerprint density at radius 2 is 2.25 bits per heavy atom. The third-order valence-corrected chi connectivity index (χ3v) is 4.38. The zero-order chi connectivity index (χ0) is 17.1. The maximum atomic E-state index is 13.9.